The summed E-state index contributed by atoms with van der Waals surface area (Å²) >= 11 is 7.57. The second-order valence-corrected chi connectivity index (χ2v) is 10.2. The van der Waals surface area contributed by atoms with Crippen molar-refractivity contribution >= 4 is 45.4 Å². The van der Waals surface area contributed by atoms with Gasteiger partial charge in [0.2, 0.25) is 5.91 Å². The van der Waals surface area contributed by atoms with E-state index in [2.05, 4.69) is 43.3 Å². The predicted octanol–water partition coefficient (Wildman–Crippen LogP) is 7.61. The molecule has 30 heavy (non-hydrogen) atoms. The highest BCUT2D eigenvalue weighted by atomic mass is 35.5. The fraction of sp³-hybridized carbons (Fsp3) is 0.333. The van der Waals surface area contributed by atoms with Crippen molar-refractivity contribution in [1.82, 2.24) is 4.98 Å². The molecule has 3 aromatic rings. The minimum atomic E-state index is 0.0566. The Kier molecular flexibility index (Phi) is 7.16. The summed E-state index contributed by atoms with van der Waals surface area (Å²) in [7, 11) is 0. The fourth-order valence-electron chi connectivity index (χ4n) is 3.52. The first-order chi connectivity index (χ1) is 14.2. The molecule has 1 heterocycles. The summed E-state index contributed by atoms with van der Waals surface area (Å²) in [4.78, 5) is 17.0. The van der Waals surface area contributed by atoms with Gasteiger partial charge < -0.3 is 10.6 Å². The number of hydrogen-bond donors (Lipinski definition) is 2. The van der Waals surface area contributed by atoms with Crippen LogP contribution in [0.2, 0.25) is 5.02 Å². The van der Waals surface area contributed by atoms with Crippen LogP contribution in [0, 0.1) is 11.3 Å². The van der Waals surface area contributed by atoms with Gasteiger partial charge >= 0.3 is 0 Å². The third kappa shape index (κ3) is 6.85. The van der Waals surface area contributed by atoms with Crippen molar-refractivity contribution in [2.75, 3.05) is 10.6 Å². The molecule has 2 aromatic carbocycles. The molecule has 3 rings (SSSR count). The number of carbonyl (C=O) groups excluding carboxylic acids is 1. The lowest BCUT2D eigenvalue weighted by atomic mass is 9.84. The molecule has 0 saturated heterocycles. The van der Waals surface area contributed by atoms with Gasteiger partial charge in [-0.05, 0) is 48.1 Å². The van der Waals surface area contributed by atoms with Crippen molar-refractivity contribution < 1.29 is 4.79 Å². The van der Waals surface area contributed by atoms with Gasteiger partial charge in [-0.15, -0.1) is 11.3 Å². The number of hydrogen-bond acceptors (Lipinski definition) is 4. The number of anilines is 3. The van der Waals surface area contributed by atoms with Crippen LogP contribution in [0.4, 0.5) is 16.5 Å². The largest absolute Gasteiger partial charge is 0.331 e. The maximum Gasteiger partial charge on any atom is 0.224 e. The summed E-state index contributed by atoms with van der Waals surface area (Å²) in [5, 5.41) is 9.77. The molecule has 0 saturated carbocycles. The Morgan fingerprint density at radius 3 is 2.53 bits per heavy atom. The number of halogens is 1. The van der Waals surface area contributed by atoms with Crippen LogP contribution in [0.1, 0.15) is 40.5 Å². The van der Waals surface area contributed by atoms with Crippen molar-refractivity contribution in [3.8, 4) is 11.3 Å². The predicted molar refractivity (Wildman–Crippen MR) is 129 cm³/mol. The summed E-state index contributed by atoms with van der Waals surface area (Å²) in [6.07, 6.45) is 1.55. The molecule has 0 bridgehead atoms. The molecule has 1 unspecified atom stereocenters. The maximum atomic E-state index is 12.3. The third-order valence-corrected chi connectivity index (χ3v) is 5.53. The molecule has 0 aliphatic carbocycles. The first-order valence-corrected chi connectivity index (χ1v) is 11.3. The summed E-state index contributed by atoms with van der Waals surface area (Å²) in [6.45, 7) is 8.74. The monoisotopic (exact) mass is 441 g/mol. The molecule has 0 aliphatic rings. The van der Waals surface area contributed by atoms with Crippen LogP contribution < -0.4 is 10.6 Å². The molecule has 1 atom stereocenters. The zero-order valence-corrected chi connectivity index (χ0v) is 19.4. The van der Waals surface area contributed by atoms with Gasteiger partial charge in [-0.3, -0.25) is 4.79 Å². The Morgan fingerprint density at radius 2 is 1.87 bits per heavy atom. The maximum absolute atomic E-state index is 12.3. The number of thiazole rings is 1. The van der Waals surface area contributed by atoms with Gasteiger partial charge in [-0.1, -0.05) is 57.5 Å². The van der Waals surface area contributed by atoms with Crippen molar-refractivity contribution in [3.05, 3.63) is 58.9 Å². The first-order valence-electron chi connectivity index (χ1n) is 10.1. The Labute approximate surface area is 187 Å². The minimum Gasteiger partial charge on any atom is -0.331 e. The van der Waals surface area contributed by atoms with Gasteiger partial charge in [0.25, 0.3) is 0 Å². The van der Waals surface area contributed by atoms with E-state index in [1.807, 2.05) is 53.9 Å². The number of carbonyl (C=O) groups is 1. The Morgan fingerprint density at radius 1 is 1.13 bits per heavy atom. The molecule has 0 radical (unpaired) electrons. The number of amides is 1. The van der Waals surface area contributed by atoms with Gasteiger partial charge in [0.05, 0.1) is 5.69 Å². The Bertz CT molecular complexity index is 992. The van der Waals surface area contributed by atoms with E-state index >= 15 is 0 Å². The van der Waals surface area contributed by atoms with Gasteiger partial charge in [0.15, 0.2) is 5.13 Å². The molecular weight excluding hydrogens is 414 g/mol. The molecular formula is C24H28ClN3OS. The lowest BCUT2D eigenvalue weighted by Gasteiger charge is -2.22. The zero-order valence-electron chi connectivity index (χ0n) is 17.8. The standard InChI is InChI=1S/C24H28ClN3OS/c1-16(14-24(2,3)4)12-22(29)26-19-10-8-17(9-11-19)21-15-30-23(28-21)27-20-7-5-6-18(25)13-20/h5-11,13,15-16H,12,14H2,1-4H3,(H,26,29)(H,27,28). The second-order valence-electron chi connectivity index (χ2n) is 8.87. The molecule has 158 valence electrons. The highest BCUT2D eigenvalue weighted by Crippen LogP contribution is 2.29. The summed E-state index contributed by atoms with van der Waals surface area (Å²) < 4.78 is 0. The average molecular weight is 442 g/mol. The first kappa shape index (κ1) is 22.3. The summed E-state index contributed by atoms with van der Waals surface area (Å²) in [5.74, 6) is 0.408. The van der Waals surface area contributed by atoms with E-state index in [1.54, 1.807) is 0 Å². The van der Waals surface area contributed by atoms with Crippen molar-refractivity contribution in [3.63, 3.8) is 0 Å². The number of nitrogens with one attached hydrogen (secondary N) is 2. The van der Waals surface area contributed by atoms with Crippen LogP contribution in [0.25, 0.3) is 11.3 Å². The SMILES string of the molecule is CC(CC(=O)Nc1ccc(-c2csc(Nc3cccc(Cl)c3)n2)cc1)CC(C)(C)C. The van der Waals surface area contributed by atoms with Crippen LogP contribution in [0.15, 0.2) is 53.9 Å². The van der Waals surface area contributed by atoms with E-state index in [9.17, 15) is 4.79 Å². The Balaban J connectivity index is 1.58. The van der Waals surface area contributed by atoms with Gasteiger partial charge in [0, 0.05) is 33.8 Å². The van der Waals surface area contributed by atoms with Crippen molar-refractivity contribution in [1.29, 1.82) is 0 Å². The second kappa shape index (κ2) is 9.63. The Hall–Kier alpha value is -2.37. The molecule has 0 fully saturated rings. The highest BCUT2D eigenvalue weighted by molar-refractivity contribution is 7.14. The van der Waals surface area contributed by atoms with E-state index in [-0.39, 0.29) is 11.3 Å². The van der Waals surface area contributed by atoms with Crippen LogP contribution in [0.3, 0.4) is 0 Å². The number of benzene rings is 2. The van der Waals surface area contributed by atoms with Gasteiger partial charge in [-0.2, -0.15) is 0 Å². The fourth-order valence-corrected chi connectivity index (χ4v) is 4.45. The molecule has 1 amide bonds. The topological polar surface area (TPSA) is 54.0 Å². The van der Waals surface area contributed by atoms with E-state index in [0.717, 1.165) is 34.2 Å². The smallest absolute Gasteiger partial charge is 0.224 e. The molecule has 0 aliphatic heterocycles. The minimum absolute atomic E-state index is 0.0566. The van der Waals surface area contributed by atoms with E-state index in [1.165, 1.54) is 11.3 Å². The van der Waals surface area contributed by atoms with Crippen molar-refractivity contribution in [2.45, 2.75) is 40.5 Å². The lowest BCUT2D eigenvalue weighted by molar-refractivity contribution is -0.117. The molecule has 4 nitrogen and oxygen atoms in total. The molecule has 2 N–H and O–H groups in total. The summed E-state index contributed by atoms with van der Waals surface area (Å²) in [6, 6.07) is 15.4. The lowest BCUT2D eigenvalue weighted by Crippen LogP contribution is -2.18. The zero-order chi connectivity index (χ0) is 21.7. The molecule has 1 aromatic heterocycles. The summed E-state index contributed by atoms with van der Waals surface area (Å²) in [5.41, 5.74) is 3.84. The average Bonchev–Trinajstić information content (AvgIpc) is 3.09. The third-order valence-electron chi connectivity index (χ3n) is 4.54. The molecule has 0 spiro atoms. The van der Waals surface area contributed by atoms with Gasteiger partial charge in [0.1, 0.15) is 0 Å². The number of rotatable bonds is 7. The van der Waals surface area contributed by atoms with E-state index < -0.39 is 0 Å². The van der Waals surface area contributed by atoms with Crippen LogP contribution in [0.5, 0.6) is 0 Å². The number of nitrogens with zero attached hydrogens (tertiary/aromatic N) is 1. The van der Waals surface area contributed by atoms with Crippen LogP contribution >= 0.6 is 22.9 Å². The number of aromatic nitrogens is 1. The van der Waals surface area contributed by atoms with Crippen molar-refractivity contribution in [2.24, 2.45) is 11.3 Å². The van der Waals surface area contributed by atoms with Crippen LogP contribution in [-0.4, -0.2) is 10.9 Å². The van der Waals surface area contributed by atoms with Crippen LogP contribution in [-0.2, 0) is 4.79 Å². The molecule has 6 heteroatoms. The quantitative estimate of drug-likeness (QED) is 0.396. The van der Waals surface area contributed by atoms with E-state index in [4.69, 9.17) is 11.6 Å². The normalized spacial score (nSPS) is 12.4. The van der Waals surface area contributed by atoms with Gasteiger partial charge in [-0.25, -0.2) is 4.98 Å². The van der Waals surface area contributed by atoms with E-state index in [0.29, 0.717) is 17.4 Å². The highest BCUT2D eigenvalue weighted by Gasteiger charge is 2.17.